The summed E-state index contributed by atoms with van der Waals surface area (Å²) in [6.45, 7) is 4.77. The first-order valence-corrected chi connectivity index (χ1v) is 13.5. The molecule has 0 aromatic heterocycles. The maximum absolute atomic E-state index is 13.4. The smallest absolute Gasteiger partial charge is 0.405 e. The molecule has 1 aliphatic heterocycles. The largest absolute Gasteiger partial charge is 0.439 e. The van der Waals surface area contributed by atoms with Crippen LogP contribution in [0.15, 0.2) is 58.9 Å². The van der Waals surface area contributed by atoms with Crippen LogP contribution in [0.1, 0.15) is 27.2 Å². The molecular formula is C30H42N2O10. The molecular weight excluding hydrogens is 548 g/mol. The highest BCUT2D eigenvalue weighted by atomic mass is 16.6. The van der Waals surface area contributed by atoms with Gasteiger partial charge in [-0.3, -0.25) is 14.4 Å². The maximum Gasteiger partial charge on any atom is 0.405 e. The van der Waals surface area contributed by atoms with Gasteiger partial charge >= 0.3 is 6.09 Å². The molecule has 1 heterocycles. The van der Waals surface area contributed by atoms with Gasteiger partial charge in [0.2, 0.25) is 5.78 Å². The van der Waals surface area contributed by atoms with Gasteiger partial charge in [0.25, 0.3) is 5.91 Å². The number of amides is 2. The number of hydrogen-bond donors (Lipinski definition) is 3. The van der Waals surface area contributed by atoms with E-state index < -0.39 is 66.6 Å². The van der Waals surface area contributed by atoms with Crippen molar-refractivity contribution in [3.05, 3.63) is 58.9 Å². The molecule has 2 bridgehead atoms. The first kappa shape index (κ1) is 34.8. The number of hydrogen-bond acceptors (Lipinski definition) is 10. The topological polar surface area (TPSA) is 173 Å². The summed E-state index contributed by atoms with van der Waals surface area (Å²) >= 11 is 0. The molecule has 232 valence electrons. The number of fused-ring (bicyclic) bond motifs is 2. The number of ketones is 2. The molecule has 7 atom stereocenters. The second kappa shape index (κ2) is 16.3. The van der Waals surface area contributed by atoms with Gasteiger partial charge in [-0.2, -0.15) is 0 Å². The van der Waals surface area contributed by atoms with E-state index in [2.05, 4.69) is 5.32 Å². The third kappa shape index (κ3) is 8.79. The number of ether oxygens (including phenoxy) is 5. The van der Waals surface area contributed by atoms with Crippen LogP contribution >= 0.6 is 0 Å². The Labute approximate surface area is 246 Å². The minimum Gasteiger partial charge on any atom is -0.439 e. The SMILES string of the molecule is CO[C@H]1[C@@H](OC)C[C@H](CO)[C@@H](OC)C2=CC(=O)C=C(NC(=O)/C(C)=C/C=C\[C@H](OC)[C@@H](OC(N)=O)/C(C)=C/[C@@H]1C)C2=O. The molecule has 0 unspecified atom stereocenters. The lowest BCUT2D eigenvalue weighted by molar-refractivity contribution is -0.121. The highest BCUT2D eigenvalue weighted by Gasteiger charge is 2.37. The number of aliphatic hydroxyl groups is 1. The summed E-state index contributed by atoms with van der Waals surface area (Å²) in [6.07, 6.45) is 4.01. The molecule has 2 aliphatic rings. The van der Waals surface area contributed by atoms with E-state index in [9.17, 15) is 24.3 Å². The van der Waals surface area contributed by atoms with Gasteiger partial charge in [0, 0.05) is 64.1 Å². The monoisotopic (exact) mass is 590 g/mol. The molecule has 42 heavy (non-hydrogen) atoms. The van der Waals surface area contributed by atoms with Crippen LogP contribution in [0.25, 0.3) is 0 Å². The quantitative estimate of drug-likeness (QED) is 0.305. The number of nitrogens with two attached hydrogens (primary N) is 1. The fourth-order valence-corrected chi connectivity index (χ4v) is 5.22. The average molecular weight is 591 g/mol. The van der Waals surface area contributed by atoms with Crippen molar-refractivity contribution < 1.29 is 48.0 Å². The number of rotatable bonds is 6. The molecule has 0 aromatic rings. The second-order valence-corrected chi connectivity index (χ2v) is 10.2. The van der Waals surface area contributed by atoms with Crippen LogP contribution in [0.2, 0.25) is 0 Å². The standard InChI is InChI=1S/C30H42N2O10/c1-16-9-8-10-23(38-4)27(42-30(31)37)18(3)11-17(2)26(40-6)24(39-5)12-19(15-33)28(41-7)21-13-20(34)14-22(25(21)35)32-29(16)36/h8-11,13-14,17,19,23-24,26-28,33H,12,15H2,1-7H3,(H2,31,37)(H,32,36)/b10-8-,16-9+,18-11+/t17-,19+,23-,24-,26+,27-,28+/m0/s1. The van der Waals surface area contributed by atoms with E-state index in [4.69, 9.17) is 29.4 Å². The van der Waals surface area contributed by atoms with Crippen molar-refractivity contribution in [3.8, 4) is 0 Å². The normalized spacial score (nSPS) is 33.3. The Bertz CT molecular complexity index is 1170. The van der Waals surface area contributed by atoms with Gasteiger partial charge in [0.05, 0.1) is 24.0 Å². The summed E-state index contributed by atoms with van der Waals surface area (Å²) in [4.78, 5) is 50.7. The summed E-state index contributed by atoms with van der Waals surface area (Å²) in [7, 11) is 5.82. The predicted octanol–water partition coefficient (Wildman–Crippen LogP) is 1.69. The zero-order chi connectivity index (χ0) is 31.6. The van der Waals surface area contributed by atoms with Crippen molar-refractivity contribution >= 4 is 23.6 Å². The Morgan fingerprint density at radius 1 is 1.02 bits per heavy atom. The minimum atomic E-state index is -0.997. The Kier molecular flexibility index (Phi) is 13.5. The highest BCUT2D eigenvalue weighted by molar-refractivity contribution is 6.22. The van der Waals surface area contributed by atoms with Crippen LogP contribution in [0.4, 0.5) is 4.79 Å². The van der Waals surface area contributed by atoms with Crippen molar-refractivity contribution in [2.24, 2.45) is 17.6 Å². The molecule has 0 radical (unpaired) electrons. The van der Waals surface area contributed by atoms with E-state index in [1.807, 2.05) is 13.0 Å². The Hall–Kier alpha value is -3.42. The number of Topliss-reactive ketones (excluding diaryl/α,β-unsaturated/α-hetero) is 1. The molecule has 0 saturated heterocycles. The van der Waals surface area contributed by atoms with Crippen LogP contribution in [-0.4, -0.2) is 94.2 Å². The third-order valence-electron chi connectivity index (χ3n) is 7.35. The first-order chi connectivity index (χ1) is 19.9. The zero-order valence-electron chi connectivity index (χ0n) is 25.1. The van der Waals surface area contributed by atoms with Gasteiger partial charge in [0.1, 0.15) is 6.10 Å². The van der Waals surface area contributed by atoms with E-state index in [0.717, 1.165) is 12.2 Å². The second-order valence-electron chi connectivity index (χ2n) is 10.2. The van der Waals surface area contributed by atoms with Crippen LogP contribution in [-0.2, 0) is 38.1 Å². The molecule has 2 amide bonds. The van der Waals surface area contributed by atoms with E-state index in [-0.39, 0.29) is 29.2 Å². The van der Waals surface area contributed by atoms with E-state index in [0.29, 0.717) is 5.57 Å². The molecule has 12 heteroatoms. The van der Waals surface area contributed by atoms with Crippen LogP contribution in [0, 0.1) is 11.8 Å². The summed E-state index contributed by atoms with van der Waals surface area (Å²) in [6, 6.07) is 0. The Morgan fingerprint density at radius 2 is 1.71 bits per heavy atom. The third-order valence-corrected chi connectivity index (χ3v) is 7.35. The highest BCUT2D eigenvalue weighted by Crippen LogP contribution is 2.30. The number of aliphatic hydroxyl groups excluding tert-OH is 1. The molecule has 0 saturated carbocycles. The average Bonchev–Trinajstić information content (AvgIpc) is 2.94. The van der Waals surface area contributed by atoms with Gasteiger partial charge in [0.15, 0.2) is 11.9 Å². The molecule has 12 nitrogen and oxygen atoms in total. The van der Waals surface area contributed by atoms with Crippen LogP contribution < -0.4 is 11.1 Å². The fourth-order valence-electron chi connectivity index (χ4n) is 5.22. The number of carbonyl (C=O) groups is 4. The molecule has 2 rings (SSSR count). The van der Waals surface area contributed by atoms with Gasteiger partial charge in [-0.15, -0.1) is 0 Å². The Morgan fingerprint density at radius 3 is 2.26 bits per heavy atom. The first-order valence-electron chi connectivity index (χ1n) is 13.5. The summed E-state index contributed by atoms with van der Waals surface area (Å²) in [5, 5.41) is 12.9. The lowest BCUT2D eigenvalue weighted by Gasteiger charge is -2.34. The maximum atomic E-state index is 13.4. The molecule has 0 aromatic carbocycles. The minimum absolute atomic E-state index is 0.000724. The van der Waals surface area contributed by atoms with Gasteiger partial charge in [-0.1, -0.05) is 31.2 Å². The predicted molar refractivity (Wildman–Crippen MR) is 153 cm³/mol. The zero-order valence-corrected chi connectivity index (χ0v) is 25.1. The molecule has 0 spiro atoms. The van der Waals surface area contributed by atoms with Gasteiger partial charge < -0.3 is 39.8 Å². The number of nitrogens with one attached hydrogen (secondary N) is 1. The van der Waals surface area contributed by atoms with Crippen molar-refractivity contribution in [1.82, 2.24) is 5.32 Å². The molecule has 0 fully saturated rings. The summed E-state index contributed by atoms with van der Waals surface area (Å²) in [5.74, 6) is -2.74. The number of primary amides is 1. The molecule has 1 aliphatic carbocycles. The number of methoxy groups -OCH3 is 4. The lowest BCUT2D eigenvalue weighted by atomic mass is 9.83. The van der Waals surface area contributed by atoms with E-state index in [1.54, 1.807) is 19.1 Å². The van der Waals surface area contributed by atoms with Crippen molar-refractivity contribution in [2.45, 2.75) is 57.7 Å². The Balaban J connectivity index is 2.69. The van der Waals surface area contributed by atoms with Gasteiger partial charge in [-0.25, -0.2) is 4.79 Å². The van der Waals surface area contributed by atoms with Crippen molar-refractivity contribution in [3.63, 3.8) is 0 Å². The molecule has 4 N–H and O–H groups in total. The van der Waals surface area contributed by atoms with Gasteiger partial charge in [-0.05, 0) is 31.9 Å². The summed E-state index contributed by atoms with van der Waals surface area (Å²) < 4.78 is 28.2. The number of allylic oxidation sites excluding steroid dienone is 5. The van der Waals surface area contributed by atoms with Crippen molar-refractivity contribution in [2.75, 3.05) is 35.0 Å². The van der Waals surface area contributed by atoms with Crippen LogP contribution in [0.5, 0.6) is 0 Å². The fraction of sp³-hybridized carbons (Fsp3) is 0.533. The summed E-state index contributed by atoms with van der Waals surface area (Å²) in [5.41, 5.74) is 5.99. The lowest BCUT2D eigenvalue weighted by Crippen LogP contribution is -2.42. The van der Waals surface area contributed by atoms with E-state index in [1.165, 1.54) is 41.4 Å². The number of carbonyl (C=O) groups excluding carboxylic acids is 4. The van der Waals surface area contributed by atoms with E-state index >= 15 is 0 Å². The van der Waals surface area contributed by atoms with Crippen LogP contribution in [0.3, 0.4) is 0 Å². The van der Waals surface area contributed by atoms with Crippen molar-refractivity contribution in [1.29, 1.82) is 0 Å².